The third kappa shape index (κ3) is 5.88. The van der Waals surface area contributed by atoms with E-state index < -0.39 is 47.0 Å². The molecule has 3 aromatic rings. The maximum Gasteiger partial charge on any atom is 0.330 e. The van der Waals surface area contributed by atoms with E-state index in [0.717, 1.165) is 37.5 Å². The first-order valence-corrected chi connectivity index (χ1v) is 15.5. The fraction of sp³-hybridized carbons (Fsp3) is 0.441. The summed E-state index contributed by atoms with van der Waals surface area (Å²) in [5.41, 5.74) is -0.183. The highest BCUT2D eigenvalue weighted by atomic mass is 19.1. The molecule has 5 atom stereocenters. The van der Waals surface area contributed by atoms with Crippen LogP contribution in [0.4, 0.5) is 8.78 Å². The quantitative estimate of drug-likeness (QED) is 0.382. The molecule has 2 saturated carbocycles. The van der Waals surface area contributed by atoms with Crippen LogP contribution < -0.4 is 14.8 Å². The van der Waals surface area contributed by atoms with E-state index in [1.807, 2.05) is 12.2 Å². The standard InChI is InChI=1S/C34H36F2N4O6/c1-18-27(45-3)10-9-24-28(18)37-29(19-12-21(35)14-22(36)13-19)38-31(24)46-23-15-25-26(16-23)32(42)40(2)11-7-5-4-6-8-20-17-34(20,33(43)44)39-30(25)41/h6,8-10,12-14,20,23,25-26H,4-5,7,11,15-17H2,1-3H3,(H,39,41)(H,43,44)/b8-6-/t20-,23?,25-,26-,34-/m1/s1. The topological polar surface area (TPSA) is 131 Å². The van der Waals surface area contributed by atoms with E-state index in [4.69, 9.17) is 9.47 Å². The number of aromatic nitrogens is 2. The molecule has 2 aliphatic carbocycles. The molecule has 1 aliphatic heterocycles. The van der Waals surface area contributed by atoms with Crippen molar-refractivity contribution < 1.29 is 37.7 Å². The monoisotopic (exact) mass is 634 g/mol. The average molecular weight is 635 g/mol. The minimum atomic E-state index is -1.40. The van der Waals surface area contributed by atoms with Crippen LogP contribution in [0.15, 0.2) is 42.5 Å². The van der Waals surface area contributed by atoms with Crippen molar-refractivity contribution in [3.05, 3.63) is 59.7 Å². The molecule has 12 heteroatoms. The molecule has 2 heterocycles. The number of carboxylic acids is 1. The van der Waals surface area contributed by atoms with E-state index in [0.29, 0.717) is 28.8 Å². The van der Waals surface area contributed by atoms with Gasteiger partial charge in [0.05, 0.1) is 29.8 Å². The summed E-state index contributed by atoms with van der Waals surface area (Å²) in [6.45, 7) is 2.32. The number of fused-ring (bicyclic) bond motifs is 3. The number of aryl methyl sites for hydroxylation is 1. The van der Waals surface area contributed by atoms with Gasteiger partial charge in [0.2, 0.25) is 17.7 Å². The van der Waals surface area contributed by atoms with Crippen LogP contribution in [-0.2, 0) is 14.4 Å². The van der Waals surface area contributed by atoms with Crippen LogP contribution in [0, 0.1) is 36.3 Å². The highest BCUT2D eigenvalue weighted by Crippen LogP contribution is 2.46. The van der Waals surface area contributed by atoms with Crippen molar-refractivity contribution in [3.8, 4) is 23.0 Å². The van der Waals surface area contributed by atoms with E-state index >= 15 is 0 Å². The maximum absolute atomic E-state index is 14.2. The zero-order valence-electron chi connectivity index (χ0n) is 25.9. The van der Waals surface area contributed by atoms with E-state index in [2.05, 4.69) is 15.3 Å². The number of rotatable bonds is 5. The Kier molecular flexibility index (Phi) is 8.39. The molecule has 6 rings (SSSR count). The molecule has 242 valence electrons. The number of amides is 2. The Hall–Kier alpha value is -4.61. The van der Waals surface area contributed by atoms with E-state index in [1.54, 1.807) is 31.0 Å². The molecule has 46 heavy (non-hydrogen) atoms. The third-order valence-corrected chi connectivity index (χ3v) is 9.43. The maximum atomic E-state index is 14.2. The highest BCUT2D eigenvalue weighted by Gasteiger charge is 2.61. The first-order valence-electron chi connectivity index (χ1n) is 15.5. The van der Waals surface area contributed by atoms with Gasteiger partial charge in [-0.25, -0.2) is 18.6 Å². The van der Waals surface area contributed by atoms with E-state index in [1.165, 1.54) is 7.11 Å². The van der Waals surface area contributed by atoms with Crippen molar-refractivity contribution in [2.24, 2.45) is 17.8 Å². The van der Waals surface area contributed by atoms with Crippen molar-refractivity contribution in [1.29, 1.82) is 0 Å². The van der Waals surface area contributed by atoms with Gasteiger partial charge in [0.1, 0.15) is 29.0 Å². The van der Waals surface area contributed by atoms with Gasteiger partial charge < -0.3 is 24.8 Å². The smallest absolute Gasteiger partial charge is 0.330 e. The average Bonchev–Trinajstić information content (AvgIpc) is 3.55. The molecule has 0 radical (unpaired) electrons. The molecule has 2 amide bonds. The van der Waals surface area contributed by atoms with Gasteiger partial charge in [-0.1, -0.05) is 12.2 Å². The van der Waals surface area contributed by atoms with Crippen LogP contribution in [0.1, 0.15) is 44.1 Å². The summed E-state index contributed by atoms with van der Waals surface area (Å²) in [6.07, 6.45) is 6.15. The fourth-order valence-electron chi connectivity index (χ4n) is 6.76. The second-order valence-electron chi connectivity index (χ2n) is 12.5. The number of aliphatic carboxylic acids is 1. The second-order valence-corrected chi connectivity index (χ2v) is 12.5. The number of ether oxygens (including phenoxy) is 2. The van der Waals surface area contributed by atoms with Crippen molar-refractivity contribution in [1.82, 2.24) is 20.2 Å². The minimum Gasteiger partial charge on any atom is -0.496 e. The van der Waals surface area contributed by atoms with Gasteiger partial charge >= 0.3 is 5.97 Å². The molecule has 1 aromatic heterocycles. The van der Waals surface area contributed by atoms with Crippen molar-refractivity contribution in [2.75, 3.05) is 20.7 Å². The first kappa shape index (κ1) is 31.4. The predicted molar refractivity (Wildman–Crippen MR) is 164 cm³/mol. The van der Waals surface area contributed by atoms with Gasteiger partial charge in [-0.3, -0.25) is 9.59 Å². The number of methoxy groups -OCH3 is 1. The zero-order valence-corrected chi connectivity index (χ0v) is 25.9. The molecule has 0 saturated heterocycles. The molecular formula is C34H36F2N4O6. The lowest BCUT2D eigenvalue weighted by atomic mass is 9.93. The lowest BCUT2D eigenvalue weighted by Gasteiger charge is -2.26. The van der Waals surface area contributed by atoms with Crippen LogP contribution >= 0.6 is 0 Å². The summed E-state index contributed by atoms with van der Waals surface area (Å²) >= 11 is 0. The molecule has 2 aromatic carbocycles. The number of carboxylic acid groups (broad SMARTS) is 1. The van der Waals surface area contributed by atoms with Gasteiger partial charge in [0.15, 0.2) is 5.82 Å². The van der Waals surface area contributed by atoms with Gasteiger partial charge in [-0.05, 0) is 69.7 Å². The third-order valence-electron chi connectivity index (χ3n) is 9.43. The normalized spacial score (nSPS) is 27.3. The molecule has 0 bridgehead atoms. The van der Waals surface area contributed by atoms with E-state index in [-0.39, 0.29) is 48.4 Å². The lowest BCUT2D eigenvalue weighted by Crippen LogP contribution is -2.49. The Balaban J connectivity index is 1.36. The number of carbonyl (C=O) groups excluding carboxylic acids is 2. The number of carbonyl (C=O) groups is 3. The first-order chi connectivity index (χ1) is 22.0. The number of halogens is 2. The van der Waals surface area contributed by atoms with Crippen LogP contribution in [0.2, 0.25) is 0 Å². The van der Waals surface area contributed by atoms with Crippen molar-refractivity contribution >= 4 is 28.7 Å². The van der Waals surface area contributed by atoms with Crippen LogP contribution in [0.5, 0.6) is 11.6 Å². The highest BCUT2D eigenvalue weighted by molar-refractivity contribution is 5.94. The summed E-state index contributed by atoms with van der Waals surface area (Å²) in [6, 6.07) is 6.47. The Labute approximate surface area is 264 Å². The second kappa shape index (κ2) is 12.3. The molecule has 3 aliphatic rings. The van der Waals surface area contributed by atoms with Gasteiger partial charge in [-0.15, -0.1) is 0 Å². The number of hydrogen-bond acceptors (Lipinski definition) is 7. The predicted octanol–water partition coefficient (Wildman–Crippen LogP) is 4.82. The van der Waals surface area contributed by atoms with Crippen molar-refractivity contribution in [2.45, 2.75) is 57.1 Å². The molecule has 0 spiro atoms. The van der Waals surface area contributed by atoms with Crippen LogP contribution in [0.25, 0.3) is 22.3 Å². The number of allylic oxidation sites excluding steroid dienone is 1. The SMILES string of the molecule is COc1ccc2c(OC3C[C@H]4C(=O)N[C@]5(C(=O)O)C[C@H]5/C=C\CCCCN(C)C(=O)[C@@H]4C3)nc(-c3cc(F)cc(F)c3)nc2c1C. The lowest BCUT2D eigenvalue weighted by molar-refractivity contribution is -0.145. The molecule has 2 fully saturated rings. The van der Waals surface area contributed by atoms with Gasteiger partial charge in [-0.2, -0.15) is 4.98 Å². The molecule has 10 nitrogen and oxygen atoms in total. The summed E-state index contributed by atoms with van der Waals surface area (Å²) < 4.78 is 40.3. The summed E-state index contributed by atoms with van der Waals surface area (Å²) in [5.74, 6) is -4.60. The number of nitrogens with zero attached hydrogens (tertiary/aromatic N) is 3. The Morgan fingerprint density at radius 3 is 2.54 bits per heavy atom. The summed E-state index contributed by atoms with van der Waals surface area (Å²) in [5, 5.41) is 13.3. The van der Waals surface area contributed by atoms with Crippen molar-refractivity contribution in [3.63, 3.8) is 0 Å². The Bertz CT molecular complexity index is 1730. The Morgan fingerprint density at radius 2 is 1.83 bits per heavy atom. The number of nitrogens with one attached hydrogen (secondary N) is 1. The molecular weight excluding hydrogens is 598 g/mol. The summed E-state index contributed by atoms with van der Waals surface area (Å²) in [7, 11) is 3.23. The minimum absolute atomic E-state index is 0.0265. The Morgan fingerprint density at radius 1 is 1.09 bits per heavy atom. The zero-order chi connectivity index (χ0) is 32.7. The number of hydrogen-bond donors (Lipinski definition) is 2. The van der Waals surface area contributed by atoms with Crippen LogP contribution in [0.3, 0.4) is 0 Å². The van der Waals surface area contributed by atoms with Crippen LogP contribution in [-0.4, -0.2) is 70.1 Å². The summed E-state index contributed by atoms with van der Waals surface area (Å²) in [4.78, 5) is 50.6. The largest absolute Gasteiger partial charge is 0.496 e. The fourth-order valence-corrected chi connectivity index (χ4v) is 6.76. The van der Waals surface area contributed by atoms with Gasteiger partial charge in [0.25, 0.3) is 0 Å². The van der Waals surface area contributed by atoms with Gasteiger partial charge in [0, 0.05) is 36.7 Å². The molecule has 1 unspecified atom stereocenters. The number of benzene rings is 2. The molecule has 2 N–H and O–H groups in total. The van der Waals surface area contributed by atoms with E-state index in [9.17, 15) is 28.3 Å².